The van der Waals surface area contributed by atoms with Crippen molar-refractivity contribution in [3.8, 4) is 0 Å². The van der Waals surface area contributed by atoms with Gasteiger partial charge in [0.1, 0.15) is 11.9 Å². The van der Waals surface area contributed by atoms with Crippen molar-refractivity contribution >= 4 is 11.8 Å². The first-order valence-electron chi connectivity index (χ1n) is 6.96. The number of carbonyl (C=O) groups is 2. The zero-order chi connectivity index (χ0) is 14.3. The van der Waals surface area contributed by atoms with Crippen molar-refractivity contribution in [1.82, 2.24) is 10.2 Å². The molecule has 2 heterocycles. The van der Waals surface area contributed by atoms with Gasteiger partial charge in [-0.15, -0.1) is 0 Å². The van der Waals surface area contributed by atoms with E-state index in [1.807, 2.05) is 0 Å². The molecule has 1 atom stereocenters. The van der Waals surface area contributed by atoms with Crippen molar-refractivity contribution in [1.29, 1.82) is 0 Å². The number of hydrogen-bond donors (Lipinski definition) is 1. The van der Waals surface area contributed by atoms with Crippen LogP contribution in [0.15, 0.2) is 12.1 Å². The first kappa shape index (κ1) is 13.1. The summed E-state index contributed by atoms with van der Waals surface area (Å²) in [7, 11) is 0. The Hall–Kier alpha value is -1.91. The van der Waals surface area contributed by atoms with Gasteiger partial charge in [-0.2, -0.15) is 0 Å². The van der Waals surface area contributed by atoms with Gasteiger partial charge in [-0.05, 0) is 49.4 Å². The van der Waals surface area contributed by atoms with Crippen LogP contribution in [-0.4, -0.2) is 29.3 Å². The molecule has 1 fully saturated rings. The molecule has 1 N–H and O–H groups in total. The molecule has 4 nitrogen and oxygen atoms in total. The van der Waals surface area contributed by atoms with E-state index in [-0.39, 0.29) is 17.6 Å². The molecule has 106 valence electrons. The normalized spacial score (nSPS) is 22.5. The highest BCUT2D eigenvalue weighted by Crippen LogP contribution is 2.30. The van der Waals surface area contributed by atoms with Crippen LogP contribution >= 0.6 is 0 Å². The first-order chi connectivity index (χ1) is 9.59. The van der Waals surface area contributed by atoms with E-state index in [1.54, 1.807) is 11.8 Å². The largest absolute Gasteiger partial charge is 0.354 e. The highest BCUT2D eigenvalue weighted by atomic mass is 19.1. The first-order valence-corrected chi connectivity index (χ1v) is 6.96. The number of hydrogen-bond acceptors (Lipinski definition) is 2. The van der Waals surface area contributed by atoms with Crippen molar-refractivity contribution in [3.63, 3.8) is 0 Å². The maximum Gasteiger partial charge on any atom is 0.255 e. The van der Waals surface area contributed by atoms with E-state index < -0.39 is 6.04 Å². The van der Waals surface area contributed by atoms with E-state index in [0.717, 1.165) is 12.8 Å². The third-order valence-corrected chi connectivity index (χ3v) is 4.23. The van der Waals surface area contributed by atoms with Gasteiger partial charge >= 0.3 is 0 Å². The average Bonchev–Trinajstić information content (AvgIpc) is 2.61. The van der Waals surface area contributed by atoms with Crippen LogP contribution in [0.25, 0.3) is 0 Å². The number of benzene rings is 1. The molecule has 2 aliphatic rings. The molecule has 1 saturated heterocycles. The minimum Gasteiger partial charge on any atom is -0.354 e. The monoisotopic (exact) mass is 276 g/mol. The minimum atomic E-state index is -0.431. The van der Waals surface area contributed by atoms with Crippen molar-refractivity contribution in [3.05, 3.63) is 34.6 Å². The van der Waals surface area contributed by atoms with Crippen LogP contribution in [0.5, 0.6) is 0 Å². The summed E-state index contributed by atoms with van der Waals surface area (Å²) in [5.74, 6) is -0.560. The summed E-state index contributed by atoms with van der Waals surface area (Å²) >= 11 is 0. The Kier molecular flexibility index (Phi) is 3.20. The molecular formula is C15H17FN2O2. The number of rotatable bonds is 1. The molecular weight excluding hydrogens is 259 g/mol. The molecule has 1 aromatic carbocycles. The Morgan fingerprint density at radius 3 is 2.90 bits per heavy atom. The summed E-state index contributed by atoms with van der Waals surface area (Å²) in [5, 5.41) is 2.84. The van der Waals surface area contributed by atoms with Gasteiger partial charge in [0.25, 0.3) is 5.91 Å². The summed E-state index contributed by atoms with van der Waals surface area (Å²) in [4.78, 5) is 26.1. The second-order valence-corrected chi connectivity index (χ2v) is 5.43. The predicted molar refractivity (Wildman–Crippen MR) is 71.7 cm³/mol. The van der Waals surface area contributed by atoms with E-state index in [1.165, 1.54) is 12.1 Å². The van der Waals surface area contributed by atoms with Crippen molar-refractivity contribution in [2.45, 2.75) is 38.8 Å². The number of carbonyl (C=O) groups excluding carboxylic acids is 2. The predicted octanol–water partition coefficient (Wildman–Crippen LogP) is 1.76. The standard InChI is InChI=1S/C15H17FN2O2/c1-9-11-8-18(13-4-2-3-7-17-14(13)19)15(20)10(11)5-6-12(9)16/h5-6,13H,2-4,7-8H2,1H3,(H,17,19). The molecule has 0 aromatic heterocycles. The van der Waals surface area contributed by atoms with Gasteiger partial charge in [0.2, 0.25) is 5.91 Å². The van der Waals surface area contributed by atoms with Gasteiger partial charge in [-0.25, -0.2) is 4.39 Å². The third kappa shape index (κ3) is 1.97. The Balaban J connectivity index is 1.93. The van der Waals surface area contributed by atoms with Gasteiger partial charge in [0.05, 0.1) is 0 Å². The number of fused-ring (bicyclic) bond motifs is 1. The fraction of sp³-hybridized carbons (Fsp3) is 0.467. The number of nitrogens with one attached hydrogen (secondary N) is 1. The Labute approximate surface area is 117 Å². The molecule has 0 radical (unpaired) electrons. The molecule has 0 saturated carbocycles. The number of halogens is 1. The highest BCUT2D eigenvalue weighted by molar-refractivity contribution is 6.01. The summed E-state index contributed by atoms with van der Waals surface area (Å²) < 4.78 is 13.6. The van der Waals surface area contributed by atoms with E-state index in [4.69, 9.17) is 0 Å². The van der Waals surface area contributed by atoms with Gasteiger partial charge in [0, 0.05) is 18.7 Å². The van der Waals surface area contributed by atoms with Crippen LogP contribution < -0.4 is 5.32 Å². The SMILES string of the molecule is Cc1c(F)ccc2c1CN(C1CCCCNC1=O)C2=O. The molecule has 5 heteroatoms. The number of amides is 2. The van der Waals surface area contributed by atoms with Gasteiger partial charge in [-0.1, -0.05) is 0 Å². The molecule has 0 bridgehead atoms. The summed E-state index contributed by atoms with van der Waals surface area (Å²) in [6.07, 6.45) is 2.52. The lowest BCUT2D eigenvalue weighted by atomic mass is 10.0. The van der Waals surface area contributed by atoms with E-state index in [2.05, 4.69) is 5.32 Å². The van der Waals surface area contributed by atoms with Gasteiger partial charge < -0.3 is 10.2 Å². The Morgan fingerprint density at radius 1 is 1.30 bits per heavy atom. The van der Waals surface area contributed by atoms with Gasteiger partial charge in [-0.3, -0.25) is 9.59 Å². The van der Waals surface area contributed by atoms with Crippen molar-refractivity contribution in [2.24, 2.45) is 0 Å². The van der Waals surface area contributed by atoms with E-state index >= 15 is 0 Å². The van der Waals surface area contributed by atoms with Crippen LogP contribution in [-0.2, 0) is 11.3 Å². The lowest BCUT2D eigenvalue weighted by Gasteiger charge is -2.25. The molecule has 0 spiro atoms. The third-order valence-electron chi connectivity index (χ3n) is 4.23. The van der Waals surface area contributed by atoms with Crippen LogP contribution in [0.2, 0.25) is 0 Å². The quantitative estimate of drug-likeness (QED) is 0.849. The molecule has 2 aliphatic heterocycles. The Bertz CT molecular complexity index is 585. The molecule has 3 rings (SSSR count). The zero-order valence-electron chi connectivity index (χ0n) is 11.4. The van der Waals surface area contributed by atoms with Crippen LogP contribution in [0.3, 0.4) is 0 Å². The average molecular weight is 276 g/mol. The molecule has 1 unspecified atom stereocenters. The molecule has 20 heavy (non-hydrogen) atoms. The van der Waals surface area contributed by atoms with E-state index in [0.29, 0.717) is 36.2 Å². The Morgan fingerprint density at radius 2 is 2.10 bits per heavy atom. The smallest absolute Gasteiger partial charge is 0.255 e. The minimum absolute atomic E-state index is 0.0956. The van der Waals surface area contributed by atoms with Crippen molar-refractivity contribution in [2.75, 3.05) is 6.54 Å². The van der Waals surface area contributed by atoms with Crippen molar-refractivity contribution < 1.29 is 14.0 Å². The van der Waals surface area contributed by atoms with Gasteiger partial charge in [0.15, 0.2) is 0 Å². The second kappa shape index (κ2) is 4.89. The maximum absolute atomic E-state index is 13.6. The topological polar surface area (TPSA) is 49.4 Å². The fourth-order valence-corrected chi connectivity index (χ4v) is 3.00. The fourth-order valence-electron chi connectivity index (χ4n) is 3.00. The maximum atomic E-state index is 13.6. The van der Waals surface area contributed by atoms with Crippen LogP contribution in [0, 0.1) is 12.7 Å². The van der Waals surface area contributed by atoms with E-state index in [9.17, 15) is 14.0 Å². The summed E-state index contributed by atoms with van der Waals surface area (Å²) in [5.41, 5.74) is 1.75. The molecule has 2 amide bonds. The molecule has 0 aliphatic carbocycles. The lowest BCUT2D eigenvalue weighted by Crippen LogP contribution is -2.45. The number of nitrogens with zero attached hydrogens (tertiary/aromatic N) is 1. The lowest BCUT2D eigenvalue weighted by molar-refractivity contribution is -0.125. The zero-order valence-corrected chi connectivity index (χ0v) is 11.4. The van der Waals surface area contributed by atoms with Crippen LogP contribution in [0.1, 0.15) is 40.7 Å². The summed E-state index contributed by atoms with van der Waals surface area (Å²) in [6.45, 7) is 2.67. The molecule has 1 aromatic rings. The van der Waals surface area contributed by atoms with Crippen LogP contribution in [0.4, 0.5) is 4.39 Å². The highest BCUT2D eigenvalue weighted by Gasteiger charge is 2.37. The summed E-state index contributed by atoms with van der Waals surface area (Å²) in [6, 6.07) is 2.41. The second-order valence-electron chi connectivity index (χ2n) is 5.43.